The largest absolute Gasteiger partial charge is 0.508 e. The van der Waals surface area contributed by atoms with Gasteiger partial charge < -0.3 is 10.1 Å². The number of hydrogen-bond acceptors (Lipinski definition) is 2. The number of phenols is 1. The number of phenolic OH excluding ortho intramolecular Hbond substituents is 1. The van der Waals surface area contributed by atoms with Crippen LogP contribution in [0.4, 0.5) is 0 Å². The third-order valence-electron chi connectivity index (χ3n) is 2.11. The smallest absolute Gasteiger partial charge is 0.256 e. The number of aromatic hydroxyl groups is 1. The molecule has 0 amide bonds. The van der Waals surface area contributed by atoms with E-state index in [2.05, 4.69) is 20.9 Å². The van der Waals surface area contributed by atoms with Gasteiger partial charge in [0.15, 0.2) is 0 Å². The molecule has 2 aromatic rings. The van der Waals surface area contributed by atoms with Gasteiger partial charge in [-0.3, -0.25) is 4.79 Å². The molecule has 0 saturated heterocycles. The van der Waals surface area contributed by atoms with Gasteiger partial charge in [0.2, 0.25) is 0 Å². The minimum Gasteiger partial charge on any atom is -0.508 e. The first-order valence-corrected chi connectivity index (χ1v) is 4.90. The summed E-state index contributed by atoms with van der Waals surface area (Å²) < 4.78 is 0.854. The molecule has 1 heterocycles. The van der Waals surface area contributed by atoms with Gasteiger partial charge in [0.25, 0.3) is 5.56 Å². The summed E-state index contributed by atoms with van der Waals surface area (Å²) in [6.45, 7) is 1.82. The molecule has 2 N–H and O–H groups in total. The highest BCUT2D eigenvalue weighted by molar-refractivity contribution is 9.10. The number of halogens is 1. The van der Waals surface area contributed by atoms with E-state index in [0.29, 0.717) is 5.39 Å². The Morgan fingerprint density at radius 2 is 2.07 bits per heavy atom. The molecule has 4 heteroatoms. The van der Waals surface area contributed by atoms with E-state index < -0.39 is 0 Å². The molecule has 0 unspecified atom stereocenters. The van der Waals surface area contributed by atoms with Crippen LogP contribution in [-0.4, -0.2) is 10.1 Å². The molecule has 0 radical (unpaired) electrons. The summed E-state index contributed by atoms with van der Waals surface area (Å²) in [5.74, 6) is 0.0961. The van der Waals surface area contributed by atoms with E-state index in [-0.39, 0.29) is 11.3 Å². The summed E-state index contributed by atoms with van der Waals surface area (Å²) >= 11 is 3.39. The number of nitrogens with one attached hydrogen (secondary N) is 1. The molecule has 0 atom stereocenters. The lowest BCUT2D eigenvalue weighted by atomic mass is 10.1. The zero-order chi connectivity index (χ0) is 10.3. The van der Waals surface area contributed by atoms with Crippen molar-refractivity contribution in [1.82, 2.24) is 4.98 Å². The van der Waals surface area contributed by atoms with E-state index in [9.17, 15) is 9.90 Å². The second kappa shape index (κ2) is 3.13. The third-order valence-corrected chi connectivity index (χ3v) is 3.14. The van der Waals surface area contributed by atoms with Crippen molar-refractivity contribution in [2.24, 2.45) is 0 Å². The molecule has 1 aromatic heterocycles. The Morgan fingerprint density at radius 1 is 1.36 bits per heavy atom. The lowest BCUT2D eigenvalue weighted by Gasteiger charge is -2.03. The van der Waals surface area contributed by atoms with Crippen molar-refractivity contribution < 1.29 is 5.11 Å². The van der Waals surface area contributed by atoms with Crippen LogP contribution in [-0.2, 0) is 0 Å². The molecule has 0 aliphatic rings. The van der Waals surface area contributed by atoms with Crippen LogP contribution in [0.3, 0.4) is 0 Å². The summed E-state index contributed by atoms with van der Waals surface area (Å²) in [4.78, 5) is 14.2. The lowest BCUT2D eigenvalue weighted by molar-refractivity contribution is 0.476. The Balaban J connectivity index is 3.02. The van der Waals surface area contributed by atoms with Crippen molar-refractivity contribution in [1.29, 1.82) is 0 Å². The summed E-state index contributed by atoms with van der Waals surface area (Å²) in [7, 11) is 0. The molecule has 0 aliphatic heterocycles. The van der Waals surface area contributed by atoms with Gasteiger partial charge in [-0.1, -0.05) is 0 Å². The second-order valence-corrected chi connectivity index (χ2v) is 3.92. The number of rotatable bonds is 0. The number of H-pyrrole nitrogens is 1. The molecule has 0 bridgehead atoms. The number of fused-ring (bicyclic) bond motifs is 1. The minimum atomic E-state index is -0.184. The van der Waals surface area contributed by atoms with Crippen LogP contribution in [0.15, 0.2) is 27.5 Å². The maximum absolute atomic E-state index is 11.5. The number of aromatic amines is 1. The van der Waals surface area contributed by atoms with Crippen LogP contribution in [0.25, 0.3) is 10.8 Å². The van der Waals surface area contributed by atoms with E-state index >= 15 is 0 Å². The van der Waals surface area contributed by atoms with Gasteiger partial charge in [-0.05, 0) is 41.1 Å². The molecule has 1 aromatic carbocycles. The topological polar surface area (TPSA) is 53.1 Å². The fourth-order valence-electron chi connectivity index (χ4n) is 1.41. The lowest BCUT2D eigenvalue weighted by Crippen LogP contribution is -2.08. The van der Waals surface area contributed by atoms with Crippen molar-refractivity contribution in [3.05, 3.63) is 38.7 Å². The summed E-state index contributed by atoms with van der Waals surface area (Å²) in [5, 5.41) is 10.5. The Kier molecular flexibility index (Phi) is 2.07. The maximum atomic E-state index is 11.5. The van der Waals surface area contributed by atoms with E-state index in [4.69, 9.17) is 0 Å². The van der Waals surface area contributed by atoms with Gasteiger partial charge in [-0.2, -0.15) is 0 Å². The third kappa shape index (κ3) is 1.32. The fraction of sp³-hybridized carbons (Fsp3) is 0.100. The van der Waals surface area contributed by atoms with Crippen LogP contribution in [0.2, 0.25) is 0 Å². The first kappa shape index (κ1) is 9.27. The molecular weight excluding hydrogens is 246 g/mol. The van der Waals surface area contributed by atoms with Crippen molar-refractivity contribution in [2.75, 3.05) is 0 Å². The zero-order valence-electron chi connectivity index (χ0n) is 7.47. The molecule has 0 spiro atoms. The molecule has 72 valence electrons. The number of aromatic nitrogens is 1. The highest BCUT2D eigenvalue weighted by Gasteiger charge is 2.06. The monoisotopic (exact) mass is 253 g/mol. The number of aryl methyl sites for hydroxylation is 1. The molecule has 2 rings (SSSR count). The van der Waals surface area contributed by atoms with Crippen LogP contribution in [0, 0.1) is 6.92 Å². The molecular formula is C10H8BrNO2. The quantitative estimate of drug-likeness (QED) is 0.757. The average molecular weight is 254 g/mol. The van der Waals surface area contributed by atoms with Crippen LogP contribution in [0.5, 0.6) is 5.75 Å². The van der Waals surface area contributed by atoms with Gasteiger partial charge in [0.1, 0.15) is 5.75 Å². The zero-order valence-corrected chi connectivity index (χ0v) is 9.05. The SMILES string of the molecule is Cc1[nH]c(=O)c2cc(O)ccc2c1Br. The van der Waals surface area contributed by atoms with Gasteiger partial charge in [0, 0.05) is 15.6 Å². The molecule has 3 nitrogen and oxygen atoms in total. The van der Waals surface area contributed by atoms with Crippen molar-refractivity contribution in [2.45, 2.75) is 6.92 Å². The van der Waals surface area contributed by atoms with Crippen LogP contribution in [0.1, 0.15) is 5.69 Å². The predicted molar refractivity (Wildman–Crippen MR) is 58.7 cm³/mol. The van der Waals surface area contributed by atoms with Crippen LogP contribution >= 0.6 is 15.9 Å². The normalized spacial score (nSPS) is 10.7. The highest BCUT2D eigenvalue weighted by Crippen LogP contribution is 2.25. The predicted octanol–water partition coefficient (Wildman–Crippen LogP) is 2.30. The number of benzene rings is 1. The van der Waals surface area contributed by atoms with Gasteiger partial charge in [-0.15, -0.1) is 0 Å². The standard InChI is InChI=1S/C10H8BrNO2/c1-5-9(11)7-3-2-6(13)4-8(7)10(14)12-5/h2-4,13H,1H3,(H,12,14). The van der Waals surface area contributed by atoms with Crippen molar-refractivity contribution in [3.63, 3.8) is 0 Å². The first-order valence-electron chi connectivity index (χ1n) is 4.10. The van der Waals surface area contributed by atoms with Gasteiger partial charge >= 0.3 is 0 Å². The first-order chi connectivity index (χ1) is 6.59. The molecule has 0 saturated carbocycles. The Morgan fingerprint density at radius 3 is 2.79 bits per heavy atom. The summed E-state index contributed by atoms with van der Waals surface area (Å²) in [5.41, 5.74) is 0.602. The van der Waals surface area contributed by atoms with E-state index in [1.54, 1.807) is 12.1 Å². The molecule has 0 fully saturated rings. The van der Waals surface area contributed by atoms with E-state index in [1.807, 2.05) is 6.92 Å². The Labute approximate surface area is 88.5 Å². The van der Waals surface area contributed by atoms with E-state index in [0.717, 1.165) is 15.6 Å². The number of hydrogen-bond donors (Lipinski definition) is 2. The van der Waals surface area contributed by atoms with Crippen molar-refractivity contribution >= 4 is 26.7 Å². The highest BCUT2D eigenvalue weighted by atomic mass is 79.9. The maximum Gasteiger partial charge on any atom is 0.256 e. The van der Waals surface area contributed by atoms with Gasteiger partial charge in [0.05, 0.1) is 5.39 Å². The van der Waals surface area contributed by atoms with Crippen molar-refractivity contribution in [3.8, 4) is 5.75 Å². The average Bonchev–Trinajstić information content (AvgIpc) is 2.14. The Bertz CT molecular complexity index is 560. The van der Waals surface area contributed by atoms with E-state index in [1.165, 1.54) is 6.07 Å². The minimum absolute atomic E-state index is 0.0961. The number of pyridine rings is 1. The molecule has 14 heavy (non-hydrogen) atoms. The second-order valence-electron chi connectivity index (χ2n) is 3.12. The van der Waals surface area contributed by atoms with Crippen LogP contribution < -0.4 is 5.56 Å². The summed E-state index contributed by atoms with van der Waals surface area (Å²) in [6, 6.07) is 4.74. The fourth-order valence-corrected chi connectivity index (χ4v) is 1.85. The summed E-state index contributed by atoms with van der Waals surface area (Å²) in [6.07, 6.45) is 0. The molecule has 0 aliphatic carbocycles. The van der Waals surface area contributed by atoms with Gasteiger partial charge in [-0.25, -0.2) is 0 Å². The Hall–Kier alpha value is -1.29.